The second-order valence-electron chi connectivity index (χ2n) is 8.27. The van der Waals surface area contributed by atoms with Crippen LogP contribution in [0.3, 0.4) is 0 Å². The summed E-state index contributed by atoms with van der Waals surface area (Å²) in [5, 5.41) is 9.59. The molecule has 0 unspecified atom stereocenters. The first-order valence-corrected chi connectivity index (χ1v) is 12.2. The van der Waals surface area contributed by atoms with Crippen LogP contribution < -0.4 is 4.74 Å². The lowest BCUT2D eigenvalue weighted by Crippen LogP contribution is -2.39. The molecule has 2 aliphatic rings. The number of ether oxygens (including phenoxy) is 1. The molecule has 158 valence electrons. The van der Waals surface area contributed by atoms with Crippen molar-refractivity contribution in [1.29, 1.82) is 5.26 Å². The van der Waals surface area contributed by atoms with Gasteiger partial charge in [-0.2, -0.15) is 5.26 Å². The van der Waals surface area contributed by atoms with Gasteiger partial charge in [0.15, 0.2) is 0 Å². The van der Waals surface area contributed by atoms with E-state index in [0.29, 0.717) is 36.9 Å². The van der Waals surface area contributed by atoms with Crippen LogP contribution in [0.25, 0.3) is 0 Å². The van der Waals surface area contributed by atoms with Crippen molar-refractivity contribution in [2.45, 2.75) is 32.5 Å². The van der Waals surface area contributed by atoms with Crippen molar-refractivity contribution in [3.63, 3.8) is 0 Å². The third-order valence-electron chi connectivity index (χ3n) is 5.99. The Morgan fingerprint density at radius 1 is 1.10 bits per heavy atom. The molecule has 2 heterocycles. The Balaban J connectivity index is 1.33. The Hall–Kier alpha value is -2.40. The summed E-state index contributed by atoms with van der Waals surface area (Å²) in [4.78, 5) is 2.37. The molecule has 6 nitrogen and oxygen atoms in total. The molecular formula is C23H27N3O3S. The van der Waals surface area contributed by atoms with Crippen LogP contribution in [0.5, 0.6) is 5.75 Å². The van der Waals surface area contributed by atoms with Gasteiger partial charge in [-0.25, -0.2) is 12.7 Å². The maximum Gasteiger partial charge on any atom is 0.211 e. The Bertz CT molecular complexity index is 1030. The minimum absolute atomic E-state index is 0.303. The van der Waals surface area contributed by atoms with Gasteiger partial charge in [0.05, 0.1) is 18.4 Å². The minimum atomic E-state index is -3.11. The summed E-state index contributed by atoms with van der Waals surface area (Å²) >= 11 is 0. The van der Waals surface area contributed by atoms with E-state index in [2.05, 4.69) is 35.2 Å². The standard InChI is InChI=1S/C23H27N3O3S/c1-30(27,28)26-10-8-18(9-11-26)17-29-23-7-6-19(12-22(23)13-24)14-25-15-20-4-2-3-5-21(20)16-25/h2-7,12,18H,8-11,14-17H2,1H3. The lowest BCUT2D eigenvalue weighted by molar-refractivity contribution is 0.185. The summed E-state index contributed by atoms with van der Waals surface area (Å²) in [5.74, 6) is 0.911. The number of fused-ring (bicyclic) bond motifs is 1. The van der Waals surface area contributed by atoms with Crippen LogP contribution in [0, 0.1) is 17.2 Å². The van der Waals surface area contributed by atoms with Crippen LogP contribution in [-0.2, 0) is 29.7 Å². The molecule has 7 heteroatoms. The first kappa shape index (κ1) is 20.9. The van der Waals surface area contributed by atoms with Gasteiger partial charge in [-0.05, 0) is 47.6 Å². The fraction of sp³-hybridized carbons (Fsp3) is 0.435. The summed E-state index contributed by atoms with van der Waals surface area (Å²) in [6, 6.07) is 16.6. The van der Waals surface area contributed by atoms with Crippen molar-refractivity contribution < 1.29 is 13.2 Å². The summed E-state index contributed by atoms with van der Waals surface area (Å²) in [6.07, 6.45) is 2.82. The van der Waals surface area contributed by atoms with Crippen molar-refractivity contribution >= 4 is 10.0 Å². The highest BCUT2D eigenvalue weighted by molar-refractivity contribution is 7.88. The highest BCUT2D eigenvalue weighted by atomic mass is 32.2. The van der Waals surface area contributed by atoms with Crippen molar-refractivity contribution in [3.8, 4) is 11.8 Å². The maximum atomic E-state index is 11.6. The summed E-state index contributed by atoms with van der Waals surface area (Å²) < 4.78 is 30.7. The van der Waals surface area contributed by atoms with Gasteiger partial charge in [0, 0.05) is 32.7 Å². The van der Waals surface area contributed by atoms with E-state index in [-0.39, 0.29) is 0 Å². The van der Waals surface area contributed by atoms with Crippen molar-refractivity contribution in [2.24, 2.45) is 5.92 Å². The fourth-order valence-corrected chi connectivity index (χ4v) is 5.15. The summed E-state index contributed by atoms with van der Waals surface area (Å²) in [6.45, 7) is 4.25. The van der Waals surface area contributed by atoms with Gasteiger partial charge < -0.3 is 4.74 Å². The monoisotopic (exact) mass is 425 g/mol. The summed E-state index contributed by atoms with van der Waals surface area (Å²) in [5.41, 5.74) is 4.41. The number of hydrogen-bond acceptors (Lipinski definition) is 5. The van der Waals surface area contributed by atoms with Gasteiger partial charge in [-0.15, -0.1) is 0 Å². The molecule has 0 radical (unpaired) electrons. The van der Waals surface area contributed by atoms with Crippen LogP contribution in [-0.4, -0.2) is 43.6 Å². The number of piperidine rings is 1. The second kappa shape index (κ2) is 8.76. The molecule has 2 aromatic rings. The van der Waals surface area contributed by atoms with E-state index in [0.717, 1.165) is 38.0 Å². The van der Waals surface area contributed by atoms with Gasteiger partial charge in [-0.1, -0.05) is 30.3 Å². The van der Waals surface area contributed by atoms with Crippen molar-refractivity contribution in [1.82, 2.24) is 9.21 Å². The highest BCUT2D eigenvalue weighted by Crippen LogP contribution is 2.27. The van der Waals surface area contributed by atoms with Crippen LogP contribution in [0.2, 0.25) is 0 Å². The predicted octanol–water partition coefficient (Wildman–Crippen LogP) is 3.12. The molecule has 0 spiro atoms. The SMILES string of the molecule is CS(=O)(=O)N1CCC(COc2ccc(CN3Cc4ccccc4C3)cc2C#N)CC1. The Morgan fingerprint density at radius 2 is 1.77 bits per heavy atom. The molecule has 0 saturated carbocycles. The van der Waals surface area contributed by atoms with E-state index in [1.165, 1.54) is 21.7 Å². The third-order valence-corrected chi connectivity index (χ3v) is 7.30. The fourth-order valence-electron chi connectivity index (χ4n) is 4.28. The number of hydrogen-bond donors (Lipinski definition) is 0. The van der Waals surface area contributed by atoms with Crippen molar-refractivity contribution in [3.05, 3.63) is 64.7 Å². The molecule has 1 fully saturated rings. The van der Waals surface area contributed by atoms with E-state index >= 15 is 0 Å². The molecule has 0 bridgehead atoms. The number of nitrogens with zero attached hydrogens (tertiary/aromatic N) is 3. The summed E-state index contributed by atoms with van der Waals surface area (Å²) in [7, 11) is -3.11. The Labute approximate surface area is 178 Å². The average molecular weight is 426 g/mol. The van der Waals surface area contributed by atoms with Gasteiger partial charge >= 0.3 is 0 Å². The zero-order valence-electron chi connectivity index (χ0n) is 17.3. The van der Waals surface area contributed by atoms with E-state index in [4.69, 9.17) is 4.74 Å². The molecule has 1 saturated heterocycles. The normalized spacial score (nSPS) is 18.1. The molecule has 0 aliphatic carbocycles. The Morgan fingerprint density at radius 3 is 2.37 bits per heavy atom. The molecular weight excluding hydrogens is 398 g/mol. The molecule has 0 N–H and O–H groups in total. The van der Waals surface area contributed by atoms with Crippen LogP contribution in [0.15, 0.2) is 42.5 Å². The van der Waals surface area contributed by atoms with Gasteiger partial charge in [0.2, 0.25) is 10.0 Å². The lowest BCUT2D eigenvalue weighted by Gasteiger charge is -2.30. The van der Waals surface area contributed by atoms with Crippen LogP contribution in [0.1, 0.15) is 35.1 Å². The molecule has 0 aromatic heterocycles. The first-order valence-electron chi connectivity index (χ1n) is 10.3. The minimum Gasteiger partial charge on any atom is -0.492 e. The zero-order valence-corrected chi connectivity index (χ0v) is 18.1. The smallest absolute Gasteiger partial charge is 0.211 e. The predicted molar refractivity (Wildman–Crippen MR) is 115 cm³/mol. The third kappa shape index (κ3) is 4.84. The number of nitriles is 1. The quantitative estimate of drug-likeness (QED) is 0.711. The number of benzene rings is 2. The first-order chi connectivity index (χ1) is 14.4. The topological polar surface area (TPSA) is 73.6 Å². The molecule has 4 rings (SSSR count). The zero-order chi connectivity index (χ0) is 21.1. The van der Waals surface area contributed by atoms with E-state index in [1.54, 1.807) is 0 Å². The maximum absolute atomic E-state index is 11.6. The van der Waals surface area contributed by atoms with Crippen LogP contribution >= 0.6 is 0 Å². The van der Waals surface area contributed by atoms with Crippen LogP contribution in [0.4, 0.5) is 0 Å². The van der Waals surface area contributed by atoms with E-state index in [9.17, 15) is 13.7 Å². The van der Waals surface area contributed by atoms with Gasteiger partial charge in [-0.3, -0.25) is 4.90 Å². The highest BCUT2D eigenvalue weighted by Gasteiger charge is 2.25. The average Bonchev–Trinajstić information content (AvgIpc) is 3.14. The van der Waals surface area contributed by atoms with Crippen molar-refractivity contribution in [2.75, 3.05) is 26.0 Å². The van der Waals surface area contributed by atoms with Gasteiger partial charge in [0.25, 0.3) is 0 Å². The molecule has 0 atom stereocenters. The molecule has 0 amide bonds. The Kier molecular flexibility index (Phi) is 6.09. The van der Waals surface area contributed by atoms with E-state index < -0.39 is 10.0 Å². The lowest BCUT2D eigenvalue weighted by atomic mass is 9.99. The van der Waals surface area contributed by atoms with Gasteiger partial charge in [0.1, 0.15) is 11.8 Å². The molecule has 30 heavy (non-hydrogen) atoms. The molecule has 2 aromatic carbocycles. The largest absolute Gasteiger partial charge is 0.492 e. The number of rotatable bonds is 6. The second-order valence-corrected chi connectivity index (χ2v) is 10.3. The molecule has 2 aliphatic heterocycles. The van der Waals surface area contributed by atoms with E-state index in [1.807, 2.05) is 18.2 Å². The number of sulfonamides is 1.